The van der Waals surface area contributed by atoms with Crippen molar-refractivity contribution in [1.29, 1.82) is 0 Å². The normalized spacial score (nSPS) is 19.1. The van der Waals surface area contributed by atoms with E-state index in [1.54, 1.807) is 0 Å². The Kier molecular flexibility index (Phi) is 4.81. The smallest absolute Gasteiger partial charge is 0.250 e. The second-order valence-electron chi connectivity index (χ2n) is 9.32. The van der Waals surface area contributed by atoms with E-state index in [-0.39, 0.29) is 11.4 Å². The van der Waals surface area contributed by atoms with Crippen LogP contribution in [-0.4, -0.2) is 32.4 Å². The molecule has 0 atom stereocenters. The van der Waals surface area contributed by atoms with E-state index in [4.69, 9.17) is 0 Å². The molecule has 5 rings (SSSR count). The summed E-state index contributed by atoms with van der Waals surface area (Å²) in [7, 11) is 0. The summed E-state index contributed by atoms with van der Waals surface area (Å²) in [5, 5.41) is 0. The summed E-state index contributed by atoms with van der Waals surface area (Å²) in [6.07, 6.45) is 9.73. The average molecular weight is 412 g/mol. The molecule has 0 bridgehead atoms. The van der Waals surface area contributed by atoms with Crippen molar-refractivity contribution in [2.45, 2.75) is 52.0 Å². The van der Waals surface area contributed by atoms with Crippen molar-refractivity contribution in [1.82, 2.24) is 14.5 Å². The number of amides is 1. The van der Waals surface area contributed by atoms with Crippen molar-refractivity contribution in [3.63, 3.8) is 0 Å². The second kappa shape index (κ2) is 7.52. The fraction of sp³-hybridized carbons (Fsp3) is 0.333. The largest absolute Gasteiger partial charge is 0.333 e. The van der Waals surface area contributed by atoms with Gasteiger partial charge in [0.05, 0.1) is 12.0 Å². The molecule has 4 heteroatoms. The Bertz CT molecular complexity index is 1160. The number of aryl methyl sites for hydroxylation is 2. The van der Waals surface area contributed by atoms with Crippen LogP contribution in [0.25, 0.3) is 11.8 Å². The summed E-state index contributed by atoms with van der Waals surface area (Å²) in [6.45, 7) is 7.20. The van der Waals surface area contributed by atoms with Gasteiger partial charge in [-0.1, -0.05) is 30.3 Å². The van der Waals surface area contributed by atoms with Crippen LogP contribution in [0.5, 0.6) is 0 Å². The third kappa shape index (κ3) is 3.60. The third-order valence-electron chi connectivity index (χ3n) is 6.81. The molecule has 0 radical (unpaired) electrons. The summed E-state index contributed by atoms with van der Waals surface area (Å²) in [5.41, 5.74) is 7.95. The van der Waals surface area contributed by atoms with E-state index in [1.807, 2.05) is 24.0 Å². The molecule has 1 aliphatic heterocycles. The summed E-state index contributed by atoms with van der Waals surface area (Å²) in [6, 6.07) is 15.0. The number of aromatic nitrogens is 2. The first-order chi connectivity index (χ1) is 14.9. The van der Waals surface area contributed by atoms with Crippen LogP contribution in [0.15, 0.2) is 60.6 Å². The summed E-state index contributed by atoms with van der Waals surface area (Å²) >= 11 is 0. The number of nitrogens with zero attached hydrogens (tertiary/aromatic N) is 3. The first-order valence-corrected chi connectivity index (χ1v) is 11.1. The first-order valence-electron chi connectivity index (χ1n) is 11.1. The number of rotatable bonds is 3. The number of carbonyl (C=O) groups excluding carboxylic acids is 1. The van der Waals surface area contributed by atoms with Crippen LogP contribution in [0, 0.1) is 13.8 Å². The van der Waals surface area contributed by atoms with Gasteiger partial charge in [-0.2, -0.15) is 0 Å². The minimum atomic E-state index is -0.126. The third-order valence-corrected chi connectivity index (χ3v) is 6.81. The van der Waals surface area contributed by atoms with Gasteiger partial charge in [0, 0.05) is 29.5 Å². The molecule has 4 nitrogen and oxygen atoms in total. The number of fused-ring (bicyclic) bond motifs is 1. The van der Waals surface area contributed by atoms with E-state index in [0.717, 1.165) is 54.7 Å². The van der Waals surface area contributed by atoms with Crippen LogP contribution < -0.4 is 0 Å². The molecular formula is C27H29N3O. The highest BCUT2D eigenvalue weighted by Gasteiger charge is 2.42. The Balaban J connectivity index is 1.40. The quantitative estimate of drug-likeness (QED) is 0.566. The van der Waals surface area contributed by atoms with Gasteiger partial charge in [-0.25, -0.2) is 4.98 Å². The molecule has 2 aliphatic rings. The van der Waals surface area contributed by atoms with E-state index >= 15 is 0 Å². The van der Waals surface area contributed by atoms with E-state index in [9.17, 15) is 4.79 Å². The lowest BCUT2D eigenvalue weighted by molar-refractivity contribution is -0.134. The van der Waals surface area contributed by atoms with E-state index in [1.165, 1.54) is 16.7 Å². The van der Waals surface area contributed by atoms with E-state index in [0.29, 0.717) is 0 Å². The topological polar surface area (TPSA) is 38.1 Å². The lowest BCUT2D eigenvalue weighted by Crippen LogP contribution is -2.53. The van der Waals surface area contributed by atoms with Crippen molar-refractivity contribution >= 4 is 12.0 Å². The Morgan fingerprint density at radius 1 is 1.06 bits per heavy atom. The van der Waals surface area contributed by atoms with Crippen LogP contribution in [0.2, 0.25) is 0 Å². The molecule has 0 unspecified atom stereocenters. The summed E-state index contributed by atoms with van der Waals surface area (Å²) in [5.74, 6) is 0.202. The fourth-order valence-corrected chi connectivity index (χ4v) is 5.25. The van der Waals surface area contributed by atoms with Crippen LogP contribution in [0.3, 0.4) is 0 Å². The predicted molar refractivity (Wildman–Crippen MR) is 124 cm³/mol. The van der Waals surface area contributed by atoms with Gasteiger partial charge >= 0.3 is 0 Å². The standard InChI is InChI=1S/C27H29N3O/c1-19-13-21(10-11-25(19)29-17-20(2)28-18-29)14-22-9-6-12-30(26(22)31)27(3)15-23-7-4-5-8-24(23)16-27/h4-5,7-8,10-11,13-14,17-18H,6,9,12,15-16H2,1-3H3/b22-14+. The average Bonchev–Trinajstić information content (AvgIpc) is 3.32. The SMILES string of the molecule is Cc1cn(-c2ccc(/C=C3\CCCN(C4(C)Cc5ccccc5C4)C3=O)cc2C)cn1. The van der Waals surface area contributed by atoms with Gasteiger partial charge in [-0.05, 0) is 86.9 Å². The van der Waals surface area contributed by atoms with Gasteiger partial charge in [-0.15, -0.1) is 0 Å². The van der Waals surface area contributed by atoms with Gasteiger partial charge in [0.15, 0.2) is 0 Å². The van der Waals surface area contributed by atoms with Crippen molar-refractivity contribution in [2.75, 3.05) is 6.54 Å². The van der Waals surface area contributed by atoms with Gasteiger partial charge in [0.25, 0.3) is 0 Å². The molecule has 0 saturated carbocycles. The van der Waals surface area contributed by atoms with E-state index in [2.05, 4.69) is 72.3 Å². The minimum absolute atomic E-state index is 0.126. The molecule has 0 N–H and O–H groups in total. The molecule has 31 heavy (non-hydrogen) atoms. The molecule has 1 aromatic heterocycles. The molecule has 2 aromatic carbocycles. The Morgan fingerprint density at radius 3 is 2.45 bits per heavy atom. The van der Waals surface area contributed by atoms with Crippen molar-refractivity contribution in [2.24, 2.45) is 0 Å². The molecule has 0 spiro atoms. The van der Waals surface area contributed by atoms with Crippen LogP contribution in [0.1, 0.15) is 47.7 Å². The number of piperidine rings is 1. The lowest BCUT2D eigenvalue weighted by atomic mass is 9.90. The molecule has 158 valence electrons. The zero-order valence-electron chi connectivity index (χ0n) is 18.6. The maximum absolute atomic E-state index is 13.5. The molecule has 1 saturated heterocycles. The first kappa shape index (κ1) is 19.8. The second-order valence-corrected chi connectivity index (χ2v) is 9.32. The molecular weight excluding hydrogens is 382 g/mol. The molecule has 1 amide bonds. The van der Waals surface area contributed by atoms with Crippen LogP contribution in [-0.2, 0) is 17.6 Å². The Labute approximate surface area is 184 Å². The van der Waals surface area contributed by atoms with Gasteiger partial charge < -0.3 is 9.47 Å². The van der Waals surface area contributed by atoms with E-state index < -0.39 is 0 Å². The molecule has 1 aliphatic carbocycles. The number of hydrogen-bond donors (Lipinski definition) is 0. The lowest BCUT2D eigenvalue weighted by Gasteiger charge is -2.41. The zero-order valence-corrected chi connectivity index (χ0v) is 18.6. The number of imidazole rings is 1. The highest BCUT2D eigenvalue weighted by molar-refractivity contribution is 5.99. The van der Waals surface area contributed by atoms with Gasteiger partial charge in [0.1, 0.15) is 0 Å². The Hall–Kier alpha value is -3.14. The van der Waals surface area contributed by atoms with Gasteiger partial charge in [-0.3, -0.25) is 4.79 Å². The van der Waals surface area contributed by atoms with Crippen molar-refractivity contribution < 1.29 is 4.79 Å². The summed E-state index contributed by atoms with van der Waals surface area (Å²) < 4.78 is 2.05. The highest BCUT2D eigenvalue weighted by atomic mass is 16.2. The van der Waals surface area contributed by atoms with Crippen molar-refractivity contribution in [3.05, 3.63) is 88.5 Å². The molecule has 2 heterocycles. The summed E-state index contributed by atoms with van der Waals surface area (Å²) in [4.78, 5) is 20.0. The van der Waals surface area contributed by atoms with Gasteiger partial charge in [0.2, 0.25) is 5.91 Å². The van der Waals surface area contributed by atoms with Crippen LogP contribution >= 0.6 is 0 Å². The fourth-order valence-electron chi connectivity index (χ4n) is 5.25. The number of carbonyl (C=O) groups is 1. The highest BCUT2D eigenvalue weighted by Crippen LogP contribution is 2.37. The number of hydrogen-bond acceptors (Lipinski definition) is 2. The Morgan fingerprint density at radius 2 is 1.81 bits per heavy atom. The predicted octanol–water partition coefficient (Wildman–Crippen LogP) is 5.05. The zero-order chi connectivity index (χ0) is 21.6. The molecule has 3 aromatic rings. The monoisotopic (exact) mass is 411 g/mol. The van der Waals surface area contributed by atoms with Crippen LogP contribution in [0.4, 0.5) is 0 Å². The number of benzene rings is 2. The maximum Gasteiger partial charge on any atom is 0.250 e. The minimum Gasteiger partial charge on any atom is -0.333 e. The maximum atomic E-state index is 13.5. The molecule has 1 fully saturated rings. The van der Waals surface area contributed by atoms with Crippen molar-refractivity contribution in [3.8, 4) is 5.69 Å². The number of likely N-dealkylation sites (tertiary alicyclic amines) is 1.